The van der Waals surface area contributed by atoms with E-state index in [2.05, 4.69) is 5.32 Å². The van der Waals surface area contributed by atoms with Gasteiger partial charge in [-0.1, -0.05) is 0 Å². The van der Waals surface area contributed by atoms with Gasteiger partial charge in [-0.15, -0.1) is 0 Å². The Morgan fingerprint density at radius 1 is 1.29 bits per heavy atom. The fourth-order valence-electron chi connectivity index (χ4n) is 1.33. The predicted molar refractivity (Wildman–Crippen MR) is 56.1 cm³/mol. The van der Waals surface area contributed by atoms with Gasteiger partial charge in [0.2, 0.25) is 0 Å². The molecule has 0 aliphatic carbocycles. The van der Waals surface area contributed by atoms with Gasteiger partial charge >= 0.3 is 0 Å². The van der Waals surface area contributed by atoms with Crippen molar-refractivity contribution < 1.29 is 9.52 Å². The Morgan fingerprint density at radius 3 is 2.79 bits per heavy atom. The molecule has 80 valence electrons. The van der Waals surface area contributed by atoms with Crippen LogP contribution in [-0.4, -0.2) is 18.3 Å². The van der Waals surface area contributed by atoms with Crippen molar-refractivity contribution in [1.29, 1.82) is 0 Å². The second kappa shape index (κ2) is 6.62. The molecule has 1 aromatic rings. The number of nitrogens with one attached hydrogen (secondary N) is 1. The lowest BCUT2D eigenvalue weighted by Gasteiger charge is -2.01. The van der Waals surface area contributed by atoms with E-state index in [1.807, 2.05) is 19.1 Å². The zero-order chi connectivity index (χ0) is 10.2. The first-order valence-electron chi connectivity index (χ1n) is 5.20. The topological polar surface area (TPSA) is 45.4 Å². The monoisotopic (exact) mass is 197 g/mol. The summed E-state index contributed by atoms with van der Waals surface area (Å²) in [5.74, 6) is 1.95. The van der Waals surface area contributed by atoms with Gasteiger partial charge in [0.25, 0.3) is 0 Å². The van der Waals surface area contributed by atoms with Gasteiger partial charge in [-0.2, -0.15) is 0 Å². The molecule has 14 heavy (non-hydrogen) atoms. The lowest BCUT2D eigenvalue weighted by molar-refractivity contribution is 0.282. The average molecular weight is 197 g/mol. The number of aliphatic hydroxyl groups excluding tert-OH is 1. The fourth-order valence-corrected chi connectivity index (χ4v) is 1.33. The molecule has 0 saturated carbocycles. The summed E-state index contributed by atoms with van der Waals surface area (Å²) in [6.07, 6.45) is 3.10. The van der Waals surface area contributed by atoms with Gasteiger partial charge < -0.3 is 14.8 Å². The Morgan fingerprint density at radius 2 is 2.14 bits per heavy atom. The average Bonchev–Trinajstić information content (AvgIpc) is 2.58. The van der Waals surface area contributed by atoms with E-state index in [1.165, 1.54) is 0 Å². The standard InChI is InChI=1S/C11H19NO2/c1-10-5-6-11(14-10)9-12-7-3-2-4-8-13/h5-6,12-13H,2-4,7-9H2,1H3. The fraction of sp³-hybridized carbons (Fsp3) is 0.636. The van der Waals surface area contributed by atoms with E-state index < -0.39 is 0 Å². The minimum atomic E-state index is 0.303. The van der Waals surface area contributed by atoms with Gasteiger partial charge in [0.1, 0.15) is 11.5 Å². The molecule has 0 fully saturated rings. The van der Waals surface area contributed by atoms with E-state index in [9.17, 15) is 0 Å². The van der Waals surface area contributed by atoms with Crippen molar-refractivity contribution in [3.8, 4) is 0 Å². The zero-order valence-corrected chi connectivity index (χ0v) is 8.75. The predicted octanol–water partition coefficient (Wildman–Crippen LogP) is 1.84. The number of hydrogen-bond donors (Lipinski definition) is 2. The van der Waals surface area contributed by atoms with Crippen LogP contribution in [0.4, 0.5) is 0 Å². The van der Waals surface area contributed by atoms with Crippen molar-refractivity contribution in [2.75, 3.05) is 13.2 Å². The highest BCUT2D eigenvalue weighted by Crippen LogP contribution is 2.05. The number of aryl methyl sites for hydroxylation is 1. The van der Waals surface area contributed by atoms with Crippen LogP contribution in [0.5, 0.6) is 0 Å². The Labute approximate surface area is 85.1 Å². The van der Waals surface area contributed by atoms with E-state index in [-0.39, 0.29) is 0 Å². The molecule has 0 amide bonds. The molecule has 3 heteroatoms. The Hall–Kier alpha value is -0.800. The van der Waals surface area contributed by atoms with Crippen molar-refractivity contribution in [2.24, 2.45) is 0 Å². The molecule has 1 rings (SSSR count). The molecule has 0 atom stereocenters. The molecule has 0 unspecified atom stereocenters. The highest BCUT2D eigenvalue weighted by molar-refractivity contribution is 5.04. The highest BCUT2D eigenvalue weighted by atomic mass is 16.3. The van der Waals surface area contributed by atoms with Crippen LogP contribution in [0.15, 0.2) is 16.5 Å². The molecule has 0 bridgehead atoms. The van der Waals surface area contributed by atoms with E-state index in [1.54, 1.807) is 0 Å². The van der Waals surface area contributed by atoms with Crippen LogP contribution in [0.3, 0.4) is 0 Å². The maximum atomic E-state index is 8.57. The second-order valence-electron chi connectivity index (χ2n) is 3.47. The number of rotatable bonds is 7. The first kappa shape index (κ1) is 11.3. The molecule has 0 saturated heterocycles. The lowest BCUT2D eigenvalue weighted by Crippen LogP contribution is -2.14. The largest absolute Gasteiger partial charge is 0.465 e. The van der Waals surface area contributed by atoms with Crippen LogP contribution in [0, 0.1) is 6.92 Å². The first-order valence-corrected chi connectivity index (χ1v) is 5.20. The van der Waals surface area contributed by atoms with Crippen LogP contribution in [0.1, 0.15) is 30.8 Å². The highest BCUT2D eigenvalue weighted by Gasteiger charge is 1.96. The van der Waals surface area contributed by atoms with E-state index >= 15 is 0 Å². The Bertz CT molecular complexity index is 245. The SMILES string of the molecule is Cc1ccc(CNCCCCCO)o1. The number of hydrogen-bond acceptors (Lipinski definition) is 3. The maximum Gasteiger partial charge on any atom is 0.117 e. The van der Waals surface area contributed by atoms with Crippen molar-refractivity contribution >= 4 is 0 Å². The molecule has 1 aromatic heterocycles. The normalized spacial score (nSPS) is 10.7. The van der Waals surface area contributed by atoms with Crippen molar-refractivity contribution in [3.05, 3.63) is 23.7 Å². The quantitative estimate of drug-likeness (QED) is 0.656. The molecular formula is C11H19NO2. The first-order chi connectivity index (χ1) is 6.83. The van der Waals surface area contributed by atoms with Crippen LogP contribution < -0.4 is 5.32 Å². The number of aliphatic hydroxyl groups is 1. The minimum absolute atomic E-state index is 0.303. The summed E-state index contributed by atoms with van der Waals surface area (Å²) in [5, 5.41) is 11.9. The van der Waals surface area contributed by atoms with Crippen LogP contribution in [0.2, 0.25) is 0 Å². The summed E-state index contributed by atoms with van der Waals surface area (Å²) in [6, 6.07) is 3.97. The molecule has 0 radical (unpaired) electrons. The van der Waals surface area contributed by atoms with Crippen molar-refractivity contribution in [3.63, 3.8) is 0 Å². The van der Waals surface area contributed by atoms with Gasteiger partial charge in [-0.25, -0.2) is 0 Å². The van der Waals surface area contributed by atoms with Crippen LogP contribution >= 0.6 is 0 Å². The third-order valence-electron chi connectivity index (χ3n) is 2.11. The van der Waals surface area contributed by atoms with Gasteiger partial charge in [-0.05, 0) is 44.9 Å². The van der Waals surface area contributed by atoms with Gasteiger partial charge in [0, 0.05) is 6.61 Å². The molecular weight excluding hydrogens is 178 g/mol. The van der Waals surface area contributed by atoms with Gasteiger partial charge in [-0.3, -0.25) is 0 Å². The second-order valence-corrected chi connectivity index (χ2v) is 3.47. The van der Waals surface area contributed by atoms with Crippen LogP contribution in [-0.2, 0) is 6.54 Å². The zero-order valence-electron chi connectivity index (χ0n) is 8.75. The summed E-state index contributed by atoms with van der Waals surface area (Å²) in [5.41, 5.74) is 0. The van der Waals surface area contributed by atoms with Crippen LogP contribution in [0.25, 0.3) is 0 Å². The molecule has 1 heterocycles. The van der Waals surface area contributed by atoms with E-state index in [0.29, 0.717) is 6.61 Å². The molecule has 0 spiro atoms. The maximum absolute atomic E-state index is 8.57. The third-order valence-corrected chi connectivity index (χ3v) is 2.11. The number of unbranched alkanes of at least 4 members (excludes halogenated alkanes) is 2. The Balaban J connectivity index is 1.99. The molecule has 0 aliphatic rings. The summed E-state index contributed by atoms with van der Waals surface area (Å²) in [6.45, 7) is 4.04. The lowest BCUT2D eigenvalue weighted by atomic mass is 10.2. The smallest absolute Gasteiger partial charge is 0.117 e. The summed E-state index contributed by atoms with van der Waals surface area (Å²) in [4.78, 5) is 0. The van der Waals surface area contributed by atoms with E-state index in [4.69, 9.17) is 9.52 Å². The minimum Gasteiger partial charge on any atom is -0.465 e. The van der Waals surface area contributed by atoms with Crippen molar-refractivity contribution in [1.82, 2.24) is 5.32 Å². The van der Waals surface area contributed by atoms with Gasteiger partial charge in [0.05, 0.1) is 6.54 Å². The Kier molecular flexibility index (Phi) is 5.33. The summed E-state index contributed by atoms with van der Waals surface area (Å²) < 4.78 is 5.41. The molecule has 0 aliphatic heterocycles. The number of furan rings is 1. The van der Waals surface area contributed by atoms with Gasteiger partial charge in [0.15, 0.2) is 0 Å². The van der Waals surface area contributed by atoms with Crippen molar-refractivity contribution in [2.45, 2.75) is 32.7 Å². The van der Waals surface area contributed by atoms with E-state index in [0.717, 1.165) is 43.9 Å². The molecule has 0 aromatic carbocycles. The summed E-state index contributed by atoms with van der Waals surface area (Å²) in [7, 11) is 0. The molecule has 2 N–H and O–H groups in total. The summed E-state index contributed by atoms with van der Waals surface area (Å²) >= 11 is 0. The molecule has 3 nitrogen and oxygen atoms in total. The third kappa shape index (κ3) is 4.44.